The molecule has 0 unspecified atom stereocenters. The van der Waals surface area contributed by atoms with Crippen LogP contribution < -0.4 is 0 Å². The Kier molecular flexibility index (Phi) is 4.84. The van der Waals surface area contributed by atoms with Crippen LogP contribution in [0.15, 0.2) is 31.1 Å². The van der Waals surface area contributed by atoms with Crippen LogP contribution in [0.4, 0.5) is 13.2 Å². The van der Waals surface area contributed by atoms with Crippen molar-refractivity contribution in [1.29, 1.82) is 0 Å². The van der Waals surface area contributed by atoms with Crippen molar-refractivity contribution < 1.29 is 27.9 Å². The molecule has 0 saturated heterocycles. The minimum atomic E-state index is -4.56. The fraction of sp³-hybridized carbons (Fsp3) is 0.250. The fourth-order valence-corrected chi connectivity index (χ4v) is 1.45. The Morgan fingerprint density at radius 2 is 1.95 bits per heavy atom. The highest BCUT2D eigenvalue weighted by atomic mass is 19.4. The normalized spacial score (nSPS) is 10.9. The molecule has 0 fully saturated rings. The van der Waals surface area contributed by atoms with Gasteiger partial charge in [-0.1, -0.05) is 6.08 Å². The third-order valence-corrected chi connectivity index (χ3v) is 2.24. The van der Waals surface area contributed by atoms with Crippen molar-refractivity contribution in [3.05, 3.63) is 42.2 Å². The molecule has 0 aliphatic carbocycles. The lowest BCUT2D eigenvalue weighted by molar-refractivity contribution is -0.139. The van der Waals surface area contributed by atoms with Crippen LogP contribution in [0.1, 0.15) is 20.7 Å². The molecular formula is C12H11F3N2O3. The number of aromatic carboxylic acids is 1. The molecule has 0 radical (unpaired) electrons. The van der Waals surface area contributed by atoms with Gasteiger partial charge in [-0.05, 0) is 6.07 Å². The SMILES string of the molecule is C=CCN(CC(F)(F)F)C(=O)c1cncc(C(=O)O)c1. The summed E-state index contributed by atoms with van der Waals surface area (Å²) in [5, 5.41) is 8.76. The van der Waals surface area contributed by atoms with E-state index in [1.165, 1.54) is 0 Å². The molecule has 108 valence electrons. The van der Waals surface area contributed by atoms with Gasteiger partial charge in [-0.15, -0.1) is 6.58 Å². The van der Waals surface area contributed by atoms with Crippen LogP contribution in [-0.2, 0) is 0 Å². The number of rotatable bonds is 5. The summed E-state index contributed by atoms with van der Waals surface area (Å²) in [6.45, 7) is 1.52. The molecule has 8 heteroatoms. The minimum absolute atomic E-state index is 0.226. The van der Waals surface area contributed by atoms with Crippen molar-refractivity contribution in [3.8, 4) is 0 Å². The number of carbonyl (C=O) groups is 2. The van der Waals surface area contributed by atoms with Gasteiger partial charge in [0.1, 0.15) is 6.54 Å². The first-order valence-corrected chi connectivity index (χ1v) is 5.40. The highest BCUT2D eigenvalue weighted by Crippen LogP contribution is 2.18. The topological polar surface area (TPSA) is 70.5 Å². The zero-order valence-corrected chi connectivity index (χ0v) is 10.2. The number of pyridine rings is 1. The van der Waals surface area contributed by atoms with E-state index < -0.39 is 24.6 Å². The number of amides is 1. The van der Waals surface area contributed by atoms with E-state index in [0.717, 1.165) is 24.5 Å². The molecule has 1 rings (SSSR count). The van der Waals surface area contributed by atoms with Gasteiger partial charge in [0, 0.05) is 18.9 Å². The number of aromatic nitrogens is 1. The molecule has 0 atom stereocenters. The molecule has 1 N–H and O–H groups in total. The number of halogens is 3. The van der Waals surface area contributed by atoms with E-state index >= 15 is 0 Å². The molecule has 0 aromatic carbocycles. The highest BCUT2D eigenvalue weighted by Gasteiger charge is 2.33. The second-order valence-corrected chi connectivity index (χ2v) is 3.86. The van der Waals surface area contributed by atoms with E-state index in [0.29, 0.717) is 4.90 Å². The quantitative estimate of drug-likeness (QED) is 0.841. The van der Waals surface area contributed by atoms with Gasteiger partial charge >= 0.3 is 12.1 Å². The van der Waals surface area contributed by atoms with Crippen molar-refractivity contribution in [2.75, 3.05) is 13.1 Å². The zero-order chi connectivity index (χ0) is 15.3. The first kappa shape index (κ1) is 15.7. The van der Waals surface area contributed by atoms with E-state index in [-0.39, 0.29) is 17.7 Å². The Morgan fingerprint density at radius 3 is 2.45 bits per heavy atom. The van der Waals surface area contributed by atoms with Gasteiger partial charge < -0.3 is 10.0 Å². The molecular weight excluding hydrogens is 277 g/mol. The predicted molar refractivity (Wildman–Crippen MR) is 63.4 cm³/mol. The molecule has 20 heavy (non-hydrogen) atoms. The van der Waals surface area contributed by atoms with Crippen LogP contribution in [0.2, 0.25) is 0 Å². The van der Waals surface area contributed by atoms with E-state index in [1.807, 2.05) is 0 Å². The lowest BCUT2D eigenvalue weighted by atomic mass is 10.2. The van der Waals surface area contributed by atoms with Gasteiger partial charge in [0.15, 0.2) is 0 Å². The maximum atomic E-state index is 12.4. The molecule has 1 aromatic rings. The lowest BCUT2D eigenvalue weighted by Gasteiger charge is -2.22. The number of hydrogen-bond donors (Lipinski definition) is 1. The Bertz CT molecular complexity index is 529. The first-order chi connectivity index (χ1) is 9.24. The number of carbonyl (C=O) groups excluding carboxylic acids is 1. The molecule has 0 bridgehead atoms. The standard InChI is InChI=1S/C12H11F3N2O3/c1-2-3-17(7-12(13,14)15)10(18)8-4-9(11(19)20)6-16-5-8/h2,4-6H,1,3,7H2,(H,19,20). The first-order valence-electron chi connectivity index (χ1n) is 5.40. The minimum Gasteiger partial charge on any atom is -0.478 e. The Balaban J connectivity index is 3.02. The molecule has 1 amide bonds. The van der Waals surface area contributed by atoms with Crippen LogP contribution in [0, 0.1) is 0 Å². The number of nitrogens with zero attached hydrogens (tertiary/aromatic N) is 2. The molecule has 5 nitrogen and oxygen atoms in total. The third-order valence-electron chi connectivity index (χ3n) is 2.24. The van der Waals surface area contributed by atoms with Crippen molar-refractivity contribution in [1.82, 2.24) is 9.88 Å². The molecule has 1 aromatic heterocycles. The average molecular weight is 288 g/mol. The maximum Gasteiger partial charge on any atom is 0.406 e. The van der Waals surface area contributed by atoms with Gasteiger partial charge in [-0.3, -0.25) is 9.78 Å². The van der Waals surface area contributed by atoms with Crippen LogP contribution in [0.25, 0.3) is 0 Å². The van der Waals surface area contributed by atoms with Gasteiger partial charge in [0.2, 0.25) is 0 Å². The van der Waals surface area contributed by atoms with Crippen LogP contribution >= 0.6 is 0 Å². The van der Waals surface area contributed by atoms with Crippen LogP contribution in [-0.4, -0.2) is 46.1 Å². The van der Waals surface area contributed by atoms with Gasteiger partial charge in [0.25, 0.3) is 5.91 Å². The summed E-state index contributed by atoms with van der Waals surface area (Å²) in [5.74, 6) is -2.28. The van der Waals surface area contributed by atoms with Crippen molar-refractivity contribution >= 4 is 11.9 Å². The van der Waals surface area contributed by atoms with E-state index in [2.05, 4.69) is 11.6 Å². The van der Waals surface area contributed by atoms with E-state index in [9.17, 15) is 22.8 Å². The van der Waals surface area contributed by atoms with E-state index in [1.54, 1.807) is 0 Å². The van der Waals surface area contributed by atoms with Gasteiger partial charge in [-0.25, -0.2) is 4.79 Å². The summed E-state index contributed by atoms with van der Waals surface area (Å²) in [7, 11) is 0. The second kappa shape index (κ2) is 6.18. The average Bonchev–Trinajstić information content (AvgIpc) is 2.36. The molecule has 0 aliphatic rings. The summed E-state index contributed by atoms with van der Waals surface area (Å²) >= 11 is 0. The van der Waals surface area contributed by atoms with Crippen LogP contribution in [0.3, 0.4) is 0 Å². The highest BCUT2D eigenvalue weighted by molar-refractivity contribution is 5.97. The monoisotopic (exact) mass is 288 g/mol. The van der Waals surface area contributed by atoms with Gasteiger partial charge in [-0.2, -0.15) is 13.2 Å². The van der Waals surface area contributed by atoms with Crippen molar-refractivity contribution in [2.45, 2.75) is 6.18 Å². The molecule has 1 heterocycles. The van der Waals surface area contributed by atoms with Crippen molar-refractivity contribution in [2.24, 2.45) is 0 Å². The number of alkyl halides is 3. The summed E-state index contributed by atoms with van der Waals surface area (Å²) < 4.78 is 37.1. The van der Waals surface area contributed by atoms with E-state index in [4.69, 9.17) is 5.11 Å². The smallest absolute Gasteiger partial charge is 0.406 e. The number of hydrogen-bond acceptors (Lipinski definition) is 3. The van der Waals surface area contributed by atoms with Gasteiger partial charge in [0.05, 0.1) is 11.1 Å². The third kappa shape index (κ3) is 4.38. The maximum absolute atomic E-state index is 12.4. The largest absolute Gasteiger partial charge is 0.478 e. The lowest BCUT2D eigenvalue weighted by Crippen LogP contribution is -2.39. The summed E-state index contributed by atoms with van der Waals surface area (Å²) in [6, 6.07) is 0.976. The molecule has 0 aliphatic heterocycles. The molecule has 0 saturated carbocycles. The zero-order valence-electron chi connectivity index (χ0n) is 10.2. The Morgan fingerprint density at radius 1 is 1.35 bits per heavy atom. The summed E-state index contributed by atoms with van der Waals surface area (Å²) in [5.41, 5.74) is -0.502. The Labute approximate surface area is 112 Å². The second-order valence-electron chi connectivity index (χ2n) is 3.86. The fourth-order valence-electron chi connectivity index (χ4n) is 1.45. The summed E-state index contributed by atoms with van der Waals surface area (Å²) in [4.78, 5) is 26.7. The predicted octanol–water partition coefficient (Wildman–Crippen LogP) is 1.97. The van der Waals surface area contributed by atoms with Crippen LogP contribution in [0.5, 0.6) is 0 Å². The van der Waals surface area contributed by atoms with Crippen molar-refractivity contribution in [3.63, 3.8) is 0 Å². The number of carboxylic acid groups (broad SMARTS) is 1. The Hall–Kier alpha value is -2.38. The molecule has 0 spiro atoms. The number of carboxylic acids is 1. The summed E-state index contributed by atoms with van der Waals surface area (Å²) in [6.07, 6.45) is -1.39.